The number of carbonyl (C=O) groups excluding carboxylic acids is 1. The lowest BCUT2D eigenvalue weighted by atomic mass is 10.0. The van der Waals surface area contributed by atoms with Crippen molar-refractivity contribution in [2.24, 2.45) is 0 Å². The predicted octanol–water partition coefficient (Wildman–Crippen LogP) is 5.48. The number of nitrogens with one attached hydrogen (secondary N) is 1. The molecule has 0 aliphatic heterocycles. The average Bonchev–Trinajstić information content (AvgIpc) is 2.85. The van der Waals surface area contributed by atoms with Crippen LogP contribution in [0.1, 0.15) is 31.1 Å². The summed E-state index contributed by atoms with van der Waals surface area (Å²) in [6.45, 7) is 2.97. The SMILES string of the molecule is COc1ccc(NC(=O)OC(Cc2ccc(OC(C)(C)C(=O)O)cc2)c2ccccc2)c(OC)c1. The van der Waals surface area contributed by atoms with Crippen LogP contribution >= 0.6 is 0 Å². The summed E-state index contributed by atoms with van der Waals surface area (Å²) in [7, 11) is 3.05. The van der Waals surface area contributed by atoms with Crippen molar-refractivity contribution < 1.29 is 33.6 Å². The second-order valence-corrected chi connectivity index (χ2v) is 8.26. The number of anilines is 1. The van der Waals surface area contributed by atoms with Crippen molar-refractivity contribution in [1.29, 1.82) is 0 Å². The molecular formula is C27H29NO7. The number of rotatable bonds is 10. The van der Waals surface area contributed by atoms with Crippen molar-refractivity contribution in [3.05, 3.63) is 83.9 Å². The summed E-state index contributed by atoms with van der Waals surface area (Å²) in [4.78, 5) is 24.1. The molecule has 0 spiro atoms. The van der Waals surface area contributed by atoms with Crippen molar-refractivity contribution in [1.82, 2.24) is 0 Å². The maximum atomic E-state index is 12.8. The van der Waals surface area contributed by atoms with Crippen LogP contribution in [0, 0.1) is 0 Å². The van der Waals surface area contributed by atoms with E-state index >= 15 is 0 Å². The van der Waals surface area contributed by atoms with E-state index in [1.807, 2.05) is 42.5 Å². The van der Waals surface area contributed by atoms with Gasteiger partial charge in [0.2, 0.25) is 0 Å². The summed E-state index contributed by atoms with van der Waals surface area (Å²) in [5.74, 6) is 0.417. The quantitative estimate of drug-likeness (QED) is 0.397. The Morgan fingerprint density at radius 2 is 1.57 bits per heavy atom. The Hall–Kier alpha value is -4.20. The topological polar surface area (TPSA) is 103 Å². The fourth-order valence-electron chi connectivity index (χ4n) is 3.31. The lowest BCUT2D eigenvalue weighted by molar-refractivity contribution is -0.152. The number of carboxylic acids is 1. The third-order valence-corrected chi connectivity index (χ3v) is 5.30. The highest BCUT2D eigenvalue weighted by Gasteiger charge is 2.29. The number of carboxylic acid groups (broad SMARTS) is 1. The number of hydrogen-bond donors (Lipinski definition) is 2. The van der Waals surface area contributed by atoms with Crippen LogP contribution in [0.5, 0.6) is 17.2 Å². The predicted molar refractivity (Wildman–Crippen MR) is 131 cm³/mol. The van der Waals surface area contributed by atoms with E-state index in [-0.39, 0.29) is 0 Å². The van der Waals surface area contributed by atoms with E-state index in [9.17, 15) is 14.7 Å². The molecule has 8 heteroatoms. The van der Waals surface area contributed by atoms with Gasteiger partial charge in [-0.1, -0.05) is 42.5 Å². The molecule has 3 rings (SSSR count). The summed E-state index contributed by atoms with van der Waals surface area (Å²) in [5.41, 5.74) is 0.816. The standard InChI is InChI=1S/C27H29NO7/c1-27(2,25(29)30)35-20-12-10-18(11-13-20)16-23(19-8-6-5-7-9-19)34-26(31)28-22-15-14-21(32-3)17-24(22)33-4/h5-15,17,23H,16H2,1-4H3,(H,28,31)(H,29,30). The maximum Gasteiger partial charge on any atom is 0.412 e. The molecule has 1 atom stereocenters. The molecule has 0 aliphatic carbocycles. The van der Waals surface area contributed by atoms with Crippen molar-refractivity contribution in [3.63, 3.8) is 0 Å². The van der Waals surface area contributed by atoms with Crippen LogP contribution in [0.4, 0.5) is 10.5 Å². The molecule has 0 radical (unpaired) electrons. The summed E-state index contributed by atoms with van der Waals surface area (Å²) < 4.78 is 21.9. The molecule has 0 fully saturated rings. The van der Waals surface area contributed by atoms with E-state index < -0.39 is 23.8 Å². The lowest BCUT2D eigenvalue weighted by Gasteiger charge is -2.22. The molecule has 3 aromatic carbocycles. The van der Waals surface area contributed by atoms with Crippen LogP contribution in [-0.2, 0) is 16.0 Å². The molecule has 0 bridgehead atoms. The van der Waals surface area contributed by atoms with E-state index in [2.05, 4.69) is 5.32 Å². The van der Waals surface area contributed by atoms with Gasteiger partial charge in [0.25, 0.3) is 0 Å². The zero-order valence-corrected chi connectivity index (χ0v) is 20.1. The molecule has 3 aromatic rings. The summed E-state index contributed by atoms with van der Waals surface area (Å²) in [6, 6.07) is 21.5. The highest BCUT2D eigenvalue weighted by molar-refractivity contribution is 5.87. The van der Waals surface area contributed by atoms with E-state index in [1.165, 1.54) is 21.0 Å². The number of ether oxygens (including phenoxy) is 4. The van der Waals surface area contributed by atoms with Gasteiger partial charge in [0.05, 0.1) is 19.9 Å². The Morgan fingerprint density at radius 1 is 0.914 bits per heavy atom. The largest absolute Gasteiger partial charge is 0.497 e. The zero-order valence-electron chi connectivity index (χ0n) is 20.1. The number of hydrogen-bond acceptors (Lipinski definition) is 6. The van der Waals surface area contributed by atoms with Crippen LogP contribution in [0.15, 0.2) is 72.8 Å². The first kappa shape index (κ1) is 25.4. The van der Waals surface area contributed by atoms with Crippen molar-refractivity contribution in [3.8, 4) is 17.2 Å². The van der Waals surface area contributed by atoms with Crippen molar-refractivity contribution >= 4 is 17.7 Å². The van der Waals surface area contributed by atoms with Crippen LogP contribution < -0.4 is 19.5 Å². The summed E-state index contributed by atoms with van der Waals surface area (Å²) >= 11 is 0. The normalized spacial score (nSPS) is 11.8. The van der Waals surface area contributed by atoms with Gasteiger partial charge in [0.1, 0.15) is 23.4 Å². The number of amides is 1. The van der Waals surface area contributed by atoms with Crippen LogP contribution in [-0.4, -0.2) is 37.0 Å². The Morgan fingerprint density at radius 3 is 2.17 bits per heavy atom. The van der Waals surface area contributed by atoms with Crippen LogP contribution in [0.2, 0.25) is 0 Å². The Labute approximate surface area is 204 Å². The van der Waals surface area contributed by atoms with Gasteiger partial charge in [0, 0.05) is 12.5 Å². The van der Waals surface area contributed by atoms with Gasteiger partial charge in [-0.25, -0.2) is 9.59 Å². The first-order chi connectivity index (χ1) is 16.7. The molecule has 0 saturated heterocycles. The average molecular weight is 480 g/mol. The van der Waals surface area contributed by atoms with Gasteiger partial charge in [-0.3, -0.25) is 5.32 Å². The van der Waals surface area contributed by atoms with Gasteiger partial charge in [-0.05, 0) is 49.2 Å². The monoisotopic (exact) mass is 479 g/mol. The van der Waals surface area contributed by atoms with Gasteiger partial charge >= 0.3 is 12.1 Å². The molecular weight excluding hydrogens is 450 g/mol. The number of methoxy groups -OCH3 is 2. The first-order valence-electron chi connectivity index (χ1n) is 11.0. The fourth-order valence-corrected chi connectivity index (χ4v) is 3.31. The molecule has 35 heavy (non-hydrogen) atoms. The molecule has 2 N–H and O–H groups in total. The smallest absolute Gasteiger partial charge is 0.412 e. The van der Waals surface area contributed by atoms with Gasteiger partial charge < -0.3 is 24.1 Å². The van der Waals surface area contributed by atoms with Crippen LogP contribution in [0.25, 0.3) is 0 Å². The summed E-state index contributed by atoms with van der Waals surface area (Å²) in [6.07, 6.45) is -0.798. The van der Waals surface area contributed by atoms with E-state index in [4.69, 9.17) is 18.9 Å². The Balaban J connectivity index is 1.75. The molecule has 1 amide bonds. The van der Waals surface area contributed by atoms with Crippen molar-refractivity contribution in [2.75, 3.05) is 19.5 Å². The highest BCUT2D eigenvalue weighted by Crippen LogP contribution is 2.30. The minimum Gasteiger partial charge on any atom is -0.497 e. The maximum absolute atomic E-state index is 12.8. The minimum absolute atomic E-state index is 0.403. The Kier molecular flexibility index (Phi) is 8.20. The number of aliphatic carboxylic acids is 1. The minimum atomic E-state index is -1.35. The molecule has 0 heterocycles. The molecule has 0 aliphatic rings. The fraction of sp³-hybridized carbons (Fsp3) is 0.259. The lowest BCUT2D eigenvalue weighted by Crippen LogP contribution is -2.37. The molecule has 0 aromatic heterocycles. The van der Waals surface area contributed by atoms with E-state index in [0.29, 0.717) is 29.4 Å². The third-order valence-electron chi connectivity index (χ3n) is 5.30. The second kappa shape index (κ2) is 11.3. The number of benzene rings is 3. The second-order valence-electron chi connectivity index (χ2n) is 8.26. The molecule has 8 nitrogen and oxygen atoms in total. The number of carbonyl (C=O) groups is 2. The van der Waals surface area contributed by atoms with Gasteiger partial charge in [-0.15, -0.1) is 0 Å². The zero-order chi connectivity index (χ0) is 25.4. The highest BCUT2D eigenvalue weighted by atomic mass is 16.6. The van der Waals surface area contributed by atoms with Gasteiger partial charge in [-0.2, -0.15) is 0 Å². The van der Waals surface area contributed by atoms with Crippen molar-refractivity contribution in [2.45, 2.75) is 32.0 Å². The molecule has 0 saturated carbocycles. The third kappa shape index (κ3) is 6.89. The van der Waals surface area contributed by atoms with E-state index in [0.717, 1.165) is 11.1 Å². The Bertz CT molecular complexity index is 1140. The van der Waals surface area contributed by atoms with E-state index in [1.54, 1.807) is 37.4 Å². The molecule has 1 unspecified atom stereocenters. The molecule has 184 valence electrons. The first-order valence-corrected chi connectivity index (χ1v) is 11.0. The van der Waals surface area contributed by atoms with Crippen LogP contribution in [0.3, 0.4) is 0 Å². The van der Waals surface area contributed by atoms with Gasteiger partial charge in [0.15, 0.2) is 5.60 Å². The summed E-state index contributed by atoms with van der Waals surface area (Å²) in [5, 5.41) is 12.0.